The molecule has 0 aliphatic heterocycles. The first-order valence-electron chi connectivity index (χ1n) is 5.96. The van der Waals surface area contributed by atoms with Crippen molar-refractivity contribution in [1.29, 1.82) is 0 Å². The molecule has 3 nitrogen and oxygen atoms in total. The molecule has 2 rings (SSSR count). The van der Waals surface area contributed by atoms with Crippen LogP contribution in [0.5, 0.6) is 0 Å². The van der Waals surface area contributed by atoms with E-state index in [1.54, 1.807) is 12.1 Å². The van der Waals surface area contributed by atoms with E-state index in [0.717, 1.165) is 14.5 Å². The number of hydrogen-bond donors (Lipinski definition) is 0. The molecule has 0 aliphatic carbocycles. The van der Waals surface area contributed by atoms with Crippen molar-refractivity contribution in [2.75, 3.05) is 7.05 Å². The second-order valence-corrected chi connectivity index (χ2v) is 8.71. The molecule has 0 aliphatic rings. The maximum absolute atomic E-state index is 12.6. The van der Waals surface area contributed by atoms with Gasteiger partial charge in [-0.25, -0.2) is 8.42 Å². The second-order valence-electron chi connectivity index (χ2n) is 4.46. The van der Waals surface area contributed by atoms with Crippen LogP contribution < -0.4 is 0 Å². The summed E-state index contributed by atoms with van der Waals surface area (Å²) >= 11 is 12.7. The van der Waals surface area contributed by atoms with Crippen molar-refractivity contribution in [3.63, 3.8) is 0 Å². The van der Waals surface area contributed by atoms with Crippen LogP contribution in [0, 0.1) is 0 Å². The Morgan fingerprint density at radius 3 is 2.19 bits per heavy atom. The smallest absolute Gasteiger partial charge is 0.207 e. The first-order valence-corrected chi connectivity index (χ1v) is 9.37. The zero-order valence-electron chi connectivity index (χ0n) is 11.1. The Kier molecular flexibility index (Phi) is 5.48. The van der Waals surface area contributed by atoms with E-state index >= 15 is 0 Å². The van der Waals surface area contributed by atoms with Crippen molar-refractivity contribution in [2.24, 2.45) is 0 Å². The molecule has 0 radical (unpaired) electrons. The number of benzene rings is 2. The predicted octanol–water partition coefficient (Wildman–Crippen LogP) is 4.69. The van der Waals surface area contributed by atoms with Gasteiger partial charge in [-0.3, -0.25) is 0 Å². The van der Waals surface area contributed by atoms with Crippen LogP contribution in [-0.4, -0.2) is 19.8 Å². The van der Waals surface area contributed by atoms with Crippen LogP contribution in [0.4, 0.5) is 0 Å². The van der Waals surface area contributed by atoms with Crippen LogP contribution in [-0.2, 0) is 16.6 Å². The molecule has 0 fully saturated rings. The highest BCUT2D eigenvalue weighted by molar-refractivity contribution is 9.10. The molecule has 2 aromatic carbocycles. The summed E-state index contributed by atoms with van der Waals surface area (Å²) in [6, 6.07) is 12.2. The Hall–Kier alpha value is -0.400. The maximum atomic E-state index is 12.6. The molecule has 0 spiro atoms. The summed E-state index contributed by atoms with van der Waals surface area (Å²) in [5.74, 6) is 0. The Bertz CT molecular complexity index is 748. The highest BCUT2D eigenvalue weighted by Gasteiger charge is 2.23. The zero-order valence-corrected chi connectivity index (χ0v) is 15.8. The standard InChI is InChI=1S/C14H12Br2ClNO2S/c1-18(9-10-2-4-11(15)5-3-10)21(19,20)14-7-6-12(16)8-13(14)17/h2-8H,9H2,1H3. The van der Waals surface area contributed by atoms with Gasteiger partial charge in [0.1, 0.15) is 4.90 Å². The third-order valence-corrected chi connectivity index (χ3v) is 6.21. The van der Waals surface area contributed by atoms with Crippen LogP contribution in [0.25, 0.3) is 0 Å². The average molecular weight is 454 g/mol. The highest BCUT2D eigenvalue weighted by Crippen LogP contribution is 2.28. The molecule has 2 aromatic rings. The van der Waals surface area contributed by atoms with Gasteiger partial charge in [0, 0.05) is 22.5 Å². The van der Waals surface area contributed by atoms with Crippen molar-refractivity contribution in [2.45, 2.75) is 11.4 Å². The quantitative estimate of drug-likeness (QED) is 0.674. The Morgan fingerprint density at radius 2 is 1.62 bits per heavy atom. The van der Waals surface area contributed by atoms with Gasteiger partial charge in [-0.05, 0) is 35.9 Å². The van der Waals surface area contributed by atoms with Crippen molar-refractivity contribution < 1.29 is 8.42 Å². The minimum atomic E-state index is -3.63. The second kappa shape index (κ2) is 6.79. The Balaban J connectivity index is 2.28. The topological polar surface area (TPSA) is 37.4 Å². The van der Waals surface area contributed by atoms with Gasteiger partial charge in [0.15, 0.2) is 0 Å². The van der Waals surface area contributed by atoms with Gasteiger partial charge in [-0.1, -0.05) is 55.6 Å². The van der Waals surface area contributed by atoms with Crippen LogP contribution in [0.1, 0.15) is 5.56 Å². The first kappa shape index (κ1) is 17.0. The molecule has 0 N–H and O–H groups in total. The molecule has 0 saturated heterocycles. The van der Waals surface area contributed by atoms with E-state index in [4.69, 9.17) is 11.6 Å². The van der Waals surface area contributed by atoms with E-state index in [1.165, 1.54) is 17.4 Å². The van der Waals surface area contributed by atoms with Crippen LogP contribution in [0.2, 0.25) is 5.02 Å². The fourth-order valence-corrected chi connectivity index (χ4v) is 4.21. The van der Waals surface area contributed by atoms with E-state index in [1.807, 2.05) is 24.3 Å². The molecule has 21 heavy (non-hydrogen) atoms. The highest BCUT2D eigenvalue weighted by atomic mass is 79.9. The summed E-state index contributed by atoms with van der Waals surface area (Å²) in [5, 5.41) is 0.201. The van der Waals surface area contributed by atoms with E-state index in [2.05, 4.69) is 31.9 Å². The van der Waals surface area contributed by atoms with E-state index < -0.39 is 10.0 Å². The fourth-order valence-electron chi connectivity index (χ4n) is 1.78. The lowest BCUT2D eigenvalue weighted by atomic mass is 10.2. The monoisotopic (exact) mass is 451 g/mol. The molecule has 0 amide bonds. The molecule has 0 bridgehead atoms. The molecule has 112 valence electrons. The van der Waals surface area contributed by atoms with Crippen LogP contribution in [0.3, 0.4) is 0 Å². The molecule has 0 heterocycles. The van der Waals surface area contributed by atoms with Gasteiger partial charge in [-0.2, -0.15) is 4.31 Å². The minimum absolute atomic E-state index is 0.104. The summed E-state index contributed by atoms with van der Waals surface area (Å²) < 4.78 is 28.1. The van der Waals surface area contributed by atoms with Gasteiger partial charge < -0.3 is 0 Å². The number of sulfonamides is 1. The lowest BCUT2D eigenvalue weighted by Crippen LogP contribution is -2.26. The van der Waals surface area contributed by atoms with Crippen molar-refractivity contribution in [3.05, 3.63) is 62.0 Å². The van der Waals surface area contributed by atoms with Gasteiger partial charge >= 0.3 is 0 Å². The summed E-state index contributed by atoms with van der Waals surface area (Å²) in [5.41, 5.74) is 0.900. The molecular formula is C14H12Br2ClNO2S. The lowest BCUT2D eigenvalue weighted by molar-refractivity contribution is 0.467. The summed E-state index contributed by atoms with van der Waals surface area (Å²) in [6.45, 7) is 0.280. The SMILES string of the molecule is CN(Cc1ccc(Br)cc1)S(=O)(=O)c1ccc(Br)cc1Cl. The Labute approximate surface area is 146 Å². The van der Waals surface area contributed by atoms with Crippen molar-refractivity contribution in [3.8, 4) is 0 Å². The van der Waals surface area contributed by atoms with Crippen molar-refractivity contribution >= 4 is 53.5 Å². The fraction of sp³-hybridized carbons (Fsp3) is 0.143. The van der Waals surface area contributed by atoms with Gasteiger partial charge in [0.05, 0.1) is 5.02 Å². The number of nitrogens with zero attached hydrogens (tertiary/aromatic N) is 1. The normalized spacial score (nSPS) is 11.9. The lowest BCUT2D eigenvalue weighted by Gasteiger charge is -2.18. The number of halogens is 3. The third kappa shape index (κ3) is 4.07. The summed E-state index contributed by atoms with van der Waals surface area (Å²) in [7, 11) is -2.09. The van der Waals surface area contributed by atoms with Gasteiger partial charge in [0.2, 0.25) is 10.0 Å². The van der Waals surface area contributed by atoms with Crippen molar-refractivity contribution in [1.82, 2.24) is 4.31 Å². The Morgan fingerprint density at radius 1 is 1.05 bits per heavy atom. The molecule has 0 aromatic heterocycles. The minimum Gasteiger partial charge on any atom is -0.207 e. The maximum Gasteiger partial charge on any atom is 0.244 e. The van der Waals surface area contributed by atoms with E-state index in [9.17, 15) is 8.42 Å². The zero-order chi connectivity index (χ0) is 15.6. The summed E-state index contributed by atoms with van der Waals surface area (Å²) in [6.07, 6.45) is 0. The molecular weight excluding hydrogens is 441 g/mol. The van der Waals surface area contributed by atoms with Gasteiger partial charge in [-0.15, -0.1) is 0 Å². The number of hydrogen-bond acceptors (Lipinski definition) is 2. The molecule has 7 heteroatoms. The van der Waals surface area contributed by atoms with E-state index in [-0.39, 0.29) is 16.5 Å². The molecule has 0 unspecified atom stereocenters. The first-order chi connectivity index (χ1) is 9.80. The van der Waals surface area contributed by atoms with Gasteiger partial charge in [0.25, 0.3) is 0 Å². The molecule has 0 saturated carbocycles. The predicted molar refractivity (Wildman–Crippen MR) is 91.9 cm³/mol. The third-order valence-electron chi connectivity index (χ3n) is 2.90. The number of rotatable bonds is 4. The van der Waals surface area contributed by atoms with Crippen LogP contribution in [0.15, 0.2) is 56.3 Å². The average Bonchev–Trinajstić information content (AvgIpc) is 2.40. The molecule has 0 atom stereocenters. The largest absolute Gasteiger partial charge is 0.244 e. The van der Waals surface area contributed by atoms with Crippen LogP contribution >= 0.6 is 43.5 Å². The van der Waals surface area contributed by atoms with E-state index in [0.29, 0.717) is 0 Å². The summed E-state index contributed by atoms with van der Waals surface area (Å²) in [4.78, 5) is 0.104.